The summed E-state index contributed by atoms with van der Waals surface area (Å²) in [4.78, 5) is 13.0. The molecule has 1 unspecified atom stereocenters. The monoisotopic (exact) mass is 427 g/mol. The molecule has 2 aromatic carbocycles. The first-order valence-electron chi connectivity index (χ1n) is 9.36. The molecule has 0 radical (unpaired) electrons. The van der Waals surface area contributed by atoms with E-state index in [-0.39, 0.29) is 11.3 Å². The van der Waals surface area contributed by atoms with Gasteiger partial charge in [-0.25, -0.2) is 4.68 Å². The van der Waals surface area contributed by atoms with Gasteiger partial charge in [-0.05, 0) is 41.3 Å². The van der Waals surface area contributed by atoms with Gasteiger partial charge in [0.2, 0.25) is 0 Å². The molecule has 150 valence electrons. The van der Waals surface area contributed by atoms with Gasteiger partial charge in [0.25, 0.3) is 5.91 Å². The largest absolute Gasteiger partial charge is 0.306 e. The minimum absolute atomic E-state index is 0.0189. The number of halogens is 1. The number of fused-ring (bicyclic) bond motifs is 1. The maximum atomic E-state index is 13.0. The van der Waals surface area contributed by atoms with Crippen molar-refractivity contribution in [3.8, 4) is 5.69 Å². The number of carbonyl (C=O) groups is 1. The van der Waals surface area contributed by atoms with Crippen molar-refractivity contribution < 1.29 is 9.00 Å². The standard InChI is InChI=1S/C22H22ClN3O2S/c1-22(2,3)15-9-7-14(8-10-15)21(27)24-20-18-12-29(28)13-19(18)25-26(20)17-6-4-5-16(23)11-17/h4-11H,12-13H2,1-3H3,(H,24,27). The molecule has 1 atom stereocenters. The number of hydrogen-bond donors (Lipinski definition) is 1. The van der Waals surface area contributed by atoms with Gasteiger partial charge < -0.3 is 5.32 Å². The van der Waals surface area contributed by atoms with Crippen LogP contribution in [0.4, 0.5) is 5.82 Å². The van der Waals surface area contributed by atoms with Crippen molar-refractivity contribution in [1.29, 1.82) is 0 Å². The van der Waals surface area contributed by atoms with Crippen molar-refractivity contribution in [2.24, 2.45) is 0 Å². The van der Waals surface area contributed by atoms with Gasteiger partial charge in [0, 0.05) is 26.9 Å². The first-order valence-corrected chi connectivity index (χ1v) is 11.2. The number of carbonyl (C=O) groups excluding carboxylic acids is 1. The van der Waals surface area contributed by atoms with Crippen LogP contribution in [0.25, 0.3) is 5.69 Å². The van der Waals surface area contributed by atoms with Crippen LogP contribution in [0.1, 0.15) is 48.0 Å². The van der Waals surface area contributed by atoms with E-state index in [0.29, 0.717) is 27.9 Å². The Morgan fingerprint density at radius 3 is 2.52 bits per heavy atom. The summed E-state index contributed by atoms with van der Waals surface area (Å²) in [6, 6.07) is 14.9. The lowest BCUT2D eigenvalue weighted by molar-refractivity contribution is 0.102. The zero-order valence-electron chi connectivity index (χ0n) is 16.5. The van der Waals surface area contributed by atoms with E-state index in [1.54, 1.807) is 16.8 Å². The van der Waals surface area contributed by atoms with Crippen molar-refractivity contribution in [3.05, 3.63) is 75.9 Å². The molecule has 3 aromatic rings. The molecule has 29 heavy (non-hydrogen) atoms. The highest BCUT2D eigenvalue weighted by atomic mass is 35.5. The lowest BCUT2D eigenvalue weighted by Gasteiger charge is -2.19. The molecule has 1 amide bonds. The van der Waals surface area contributed by atoms with E-state index in [9.17, 15) is 9.00 Å². The third-order valence-electron chi connectivity index (χ3n) is 4.97. The number of rotatable bonds is 3. The molecule has 1 aliphatic rings. The third kappa shape index (κ3) is 4.00. The second-order valence-corrected chi connectivity index (χ2v) is 10.1. The molecule has 0 bridgehead atoms. The summed E-state index contributed by atoms with van der Waals surface area (Å²) >= 11 is 6.14. The zero-order chi connectivity index (χ0) is 20.8. The molecule has 2 heterocycles. The summed E-state index contributed by atoms with van der Waals surface area (Å²) in [6.07, 6.45) is 0. The fourth-order valence-corrected chi connectivity index (χ4v) is 4.80. The average molecular weight is 428 g/mol. The highest BCUT2D eigenvalue weighted by Gasteiger charge is 2.28. The van der Waals surface area contributed by atoms with Crippen LogP contribution in [0.15, 0.2) is 48.5 Å². The third-order valence-corrected chi connectivity index (χ3v) is 6.41. The predicted octanol–water partition coefficient (Wildman–Crippen LogP) is 4.84. The van der Waals surface area contributed by atoms with Gasteiger partial charge in [0.05, 0.1) is 22.9 Å². The topological polar surface area (TPSA) is 64.0 Å². The second kappa shape index (κ2) is 7.43. The fraction of sp³-hybridized carbons (Fsp3) is 0.273. The smallest absolute Gasteiger partial charge is 0.256 e. The Hall–Kier alpha value is -2.44. The maximum absolute atomic E-state index is 13.0. The molecule has 0 saturated heterocycles. The lowest BCUT2D eigenvalue weighted by atomic mass is 9.87. The number of anilines is 1. The number of aromatic nitrogens is 2. The molecule has 0 aliphatic carbocycles. The van der Waals surface area contributed by atoms with Crippen LogP contribution in [0.5, 0.6) is 0 Å². The molecular formula is C22H22ClN3O2S. The maximum Gasteiger partial charge on any atom is 0.256 e. The molecule has 7 heteroatoms. The Morgan fingerprint density at radius 2 is 1.86 bits per heavy atom. The summed E-state index contributed by atoms with van der Waals surface area (Å²) in [5.74, 6) is 1.10. The summed E-state index contributed by atoms with van der Waals surface area (Å²) in [5.41, 5.74) is 4.06. The van der Waals surface area contributed by atoms with Crippen molar-refractivity contribution in [2.45, 2.75) is 37.7 Å². The highest BCUT2D eigenvalue weighted by molar-refractivity contribution is 7.83. The minimum Gasteiger partial charge on any atom is -0.306 e. The fourth-order valence-electron chi connectivity index (χ4n) is 3.35. The molecular weight excluding hydrogens is 406 g/mol. The summed E-state index contributed by atoms with van der Waals surface area (Å²) in [7, 11) is -0.993. The Kier molecular flexibility index (Phi) is 5.09. The van der Waals surface area contributed by atoms with Gasteiger partial charge in [-0.3, -0.25) is 9.00 Å². The van der Waals surface area contributed by atoms with Crippen LogP contribution in [-0.2, 0) is 27.7 Å². The quantitative estimate of drug-likeness (QED) is 0.650. The lowest BCUT2D eigenvalue weighted by Crippen LogP contribution is -2.17. The molecule has 1 aliphatic heterocycles. The summed E-state index contributed by atoms with van der Waals surface area (Å²) in [5, 5.41) is 8.16. The van der Waals surface area contributed by atoms with Crippen LogP contribution in [0.2, 0.25) is 5.02 Å². The van der Waals surface area contributed by atoms with Gasteiger partial charge in [0.15, 0.2) is 0 Å². The summed E-state index contributed by atoms with van der Waals surface area (Å²) in [6.45, 7) is 6.40. The SMILES string of the molecule is CC(C)(C)c1ccc(C(=O)Nc2c3c(nn2-c2cccc(Cl)c2)CS(=O)C3)cc1. The Bertz CT molecular complexity index is 1110. The summed E-state index contributed by atoms with van der Waals surface area (Å²) < 4.78 is 13.7. The Labute approximate surface area is 177 Å². The van der Waals surface area contributed by atoms with E-state index in [1.807, 2.05) is 36.4 Å². The number of hydrogen-bond acceptors (Lipinski definition) is 3. The first-order chi connectivity index (χ1) is 13.7. The van der Waals surface area contributed by atoms with Crippen LogP contribution >= 0.6 is 11.6 Å². The number of amides is 1. The van der Waals surface area contributed by atoms with E-state index in [0.717, 1.165) is 22.5 Å². The van der Waals surface area contributed by atoms with Crippen LogP contribution in [0.3, 0.4) is 0 Å². The zero-order valence-corrected chi connectivity index (χ0v) is 18.1. The van der Waals surface area contributed by atoms with Crippen molar-refractivity contribution in [1.82, 2.24) is 9.78 Å². The van der Waals surface area contributed by atoms with Gasteiger partial charge in [-0.1, -0.05) is 50.6 Å². The van der Waals surface area contributed by atoms with E-state index in [2.05, 4.69) is 31.2 Å². The van der Waals surface area contributed by atoms with Crippen LogP contribution in [-0.4, -0.2) is 19.9 Å². The van der Waals surface area contributed by atoms with E-state index >= 15 is 0 Å². The molecule has 1 aromatic heterocycles. The van der Waals surface area contributed by atoms with Crippen molar-refractivity contribution >= 4 is 34.1 Å². The number of nitrogens with zero attached hydrogens (tertiary/aromatic N) is 2. The number of nitrogens with one attached hydrogen (secondary N) is 1. The second-order valence-electron chi connectivity index (χ2n) is 8.18. The van der Waals surface area contributed by atoms with Gasteiger partial charge in [0.1, 0.15) is 5.82 Å². The normalized spacial score (nSPS) is 15.9. The van der Waals surface area contributed by atoms with E-state index < -0.39 is 10.8 Å². The van der Waals surface area contributed by atoms with Crippen LogP contribution < -0.4 is 5.32 Å². The van der Waals surface area contributed by atoms with E-state index in [4.69, 9.17) is 11.6 Å². The molecule has 0 fully saturated rings. The average Bonchev–Trinajstić information content (AvgIpc) is 3.18. The van der Waals surface area contributed by atoms with Gasteiger partial charge >= 0.3 is 0 Å². The number of benzene rings is 2. The molecule has 0 saturated carbocycles. The Morgan fingerprint density at radius 1 is 1.14 bits per heavy atom. The highest BCUT2D eigenvalue weighted by Crippen LogP contribution is 2.32. The van der Waals surface area contributed by atoms with Crippen molar-refractivity contribution in [3.63, 3.8) is 0 Å². The van der Waals surface area contributed by atoms with Crippen LogP contribution in [0, 0.1) is 0 Å². The van der Waals surface area contributed by atoms with E-state index in [1.165, 1.54) is 0 Å². The van der Waals surface area contributed by atoms with Crippen molar-refractivity contribution in [2.75, 3.05) is 5.32 Å². The molecule has 0 spiro atoms. The van der Waals surface area contributed by atoms with Gasteiger partial charge in [-0.15, -0.1) is 0 Å². The Balaban J connectivity index is 1.69. The molecule has 5 nitrogen and oxygen atoms in total. The predicted molar refractivity (Wildman–Crippen MR) is 117 cm³/mol. The first kappa shape index (κ1) is 19.9. The minimum atomic E-state index is -0.993. The molecule has 4 rings (SSSR count). The molecule has 1 N–H and O–H groups in total. The van der Waals surface area contributed by atoms with Gasteiger partial charge in [-0.2, -0.15) is 5.10 Å².